The van der Waals surface area contributed by atoms with Gasteiger partial charge in [-0.25, -0.2) is 4.79 Å². The van der Waals surface area contributed by atoms with Crippen LogP contribution in [0.4, 0.5) is 4.79 Å². The van der Waals surface area contributed by atoms with Crippen molar-refractivity contribution in [3.8, 4) is 0 Å². The average molecular weight is 213 g/mol. The number of unbranched alkanes of at least 4 members (excludes halogenated alkanes) is 1. The van der Waals surface area contributed by atoms with Gasteiger partial charge in [-0.2, -0.15) is 0 Å². The van der Waals surface area contributed by atoms with Crippen LogP contribution >= 0.6 is 0 Å². The lowest BCUT2D eigenvalue weighted by Gasteiger charge is -2.37. The zero-order valence-electron chi connectivity index (χ0n) is 9.49. The molecule has 15 heavy (non-hydrogen) atoms. The summed E-state index contributed by atoms with van der Waals surface area (Å²) in [4.78, 5) is 24.2. The molecular weight excluding hydrogens is 194 g/mol. The fourth-order valence-electron chi connectivity index (χ4n) is 1.52. The first-order valence-corrected chi connectivity index (χ1v) is 5.63. The van der Waals surface area contributed by atoms with Crippen LogP contribution in [0.25, 0.3) is 0 Å². The fourth-order valence-corrected chi connectivity index (χ4v) is 1.52. The first kappa shape index (κ1) is 12.0. The van der Waals surface area contributed by atoms with Crippen molar-refractivity contribution in [1.29, 1.82) is 0 Å². The summed E-state index contributed by atoms with van der Waals surface area (Å²) in [5, 5.41) is 0. The summed E-state index contributed by atoms with van der Waals surface area (Å²) in [6, 6.07) is 0. The van der Waals surface area contributed by atoms with Crippen LogP contribution < -0.4 is 0 Å². The Balaban J connectivity index is 2.15. The molecule has 0 atom stereocenters. The quantitative estimate of drug-likeness (QED) is 0.654. The number of Topliss-reactive ketones (excluding diaryl/α,β-unsaturated/α-hetero) is 1. The molecule has 0 spiro atoms. The first-order valence-electron chi connectivity index (χ1n) is 5.63. The molecule has 1 rings (SSSR count). The van der Waals surface area contributed by atoms with Crippen LogP contribution in [0.2, 0.25) is 0 Å². The highest BCUT2D eigenvalue weighted by Crippen LogP contribution is 2.18. The summed E-state index contributed by atoms with van der Waals surface area (Å²) in [6.45, 7) is 5.46. The third-order valence-electron chi connectivity index (χ3n) is 2.67. The maximum absolute atomic E-state index is 11.3. The van der Waals surface area contributed by atoms with Gasteiger partial charge in [0.25, 0.3) is 0 Å². The van der Waals surface area contributed by atoms with Crippen LogP contribution in [0.1, 0.15) is 33.1 Å². The molecule has 1 aliphatic rings. The second-order valence-corrected chi connectivity index (χ2v) is 3.89. The molecule has 4 nitrogen and oxygen atoms in total. The number of amides is 1. The van der Waals surface area contributed by atoms with E-state index < -0.39 is 0 Å². The Morgan fingerprint density at radius 1 is 1.33 bits per heavy atom. The lowest BCUT2D eigenvalue weighted by atomic mass is 9.94. The number of nitrogens with zero attached hydrogens (tertiary/aromatic N) is 1. The zero-order chi connectivity index (χ0) is 11.3. The van der Waals surface area contributed by atoms with E-state index in [2.05, 4.69) is 0 Å². The Labute approximate surface area is 90.6 Å². The van der Waals surface area contributed by atoms with Crippen LogP contribution in [-0.4, -0.2) is 36.5 Å². The maximum Gasteiger partial charge on any atom is 0.409 e. The highest BCUT2D eigenvalue weighted by molar-refractivity contribution is 5.84. The Hall–Kier alpha value is -1.06. The minimum Gasteiger partial charge on any atom is -0.449 e. The number of carbonyl (C=O) groups is 2. The van der Waals surface area contributed by atoms with Crippen molar-refractivity contribution in [2.24, 2.45) is 5.92 Å². The number of carbonyl (C=O) groups excluding carboxylic acids is 2. The van der Waals surface area contributed by atoms with Gasteiger partial charge in [-0.3, -0.25) is 4.79 Å². The van der Waals surface area contributed by atoms with E-state index in [4.69, 9.17) is 4.74 Å². The summed E-state index contributed by atoms with van der Waals surface area (Å²) in [7, 11) is 0. The maximum atomic E-state index is 11.3. The molecule has 1 saturated heterocycles. The predicted octanol–water partition coefficient (Wildman–Crippen LogP) is 1.83. The smallest absolute Gasteiger partial charge is 0.409 e. The number of likely N-dealkylation sites (tertiary alicyclic amines) is 1. The Bertz CT molecular complexity index is 234. The summed E-state index contributed by atoms with van der Waals surface area (Å²) in [5.74, 6) is 0.293. The first-order chi connectivity index (χ1) is 7.19. The van der Waals surface area contributed by atoms with E-state index in [1.54, 1.807) is 4.90 Å². The van der Waals surface area contributed by atoms with Crippen molar-refractivity contribution in [2.45, 2.75) is 33.1 Å². The SMILES string of the molecule is CCCCOC(=O)N1CC(C(=O)CC)C1. The molecule has 4 heteroatoms. The second-order valence-electron chi connectivity index (χ2n) is 3.89. The van der Waals surface area contributed by atoms with Crippen LogP contribution in [0.5, 0.6) is 0 Å². The number of hydrogen-bond donors (Lipinski definition) is 0. The fraction of sp³-hybridized carbons (Fsp3) is 0.818. The van der Waals surface area contributed by atoms with Crippen LogP contribution in [0.15, 0.2) is 0 Å². The van der Waals surface area contributed by atoms with Gasteiger partial charge in [-0.15, -0.1) is 0 Å². The lowest BCUT2D eigenvalue weighted by Crippen LogP contribution is -2.53. The largest absolute Gasteiger partial charge is 0.449 e. The third-order valence-corrected chi connectivity index (χ3v) is 2.67. The Morgan fingerprint density at radius 2 is 2.00 bits per heavy atom. The van der Waals surface area contributed by atoms with Crippen molar-refractivity contribution in [1.82, 2.24) is 4.90 Å². The van der Waals surface area contributed by atoms with E-state index >= 15 is 0 Å². The van der Waals surface area contributed by atoms with Gasteiger partial charge in [-0.05, 0) is 6.42 Å². The molecular formula is C11H19NO3. The van der Waals surface area contributed by atoms with Gasteiger partial charge in [0.1, 0.15) is 5.78 Å². The number of ether oxygens (including phenoxy) is 1. The molecule has 0 aromatic carbocycles. The molecule has 1 heterocycles. The Kier molecular flexibility index (Phi) is 4.59. The molecule has 1 aliphatic heterocycles. The van der Waals surface area contributed by atoms with Gasteiger partial charge in [0.2, 0.25) is 0 Å². The van der Waals surface area contributed by atoms with Gasteiger partial charge < -0.3 is 9.64 Å². The number of ketones is 1. The van der Waals surface area contributed by atoms with Gasteiger partial charge in [0.05, 0.1) is 12.5 Å². The van der Waals surface area contributed by atoms with Crippen molar-refractivity contribution in [2.75, 3.05) is 19.7 Å². The van der Waals surface area contributed by atoms with E-state index in [-0.39, 0.29) is 17.8 Å². The molecule has 0 N–H and O–H groups in total. The van der Waals surface area contributed by atoms with Crippen molar-refractivity contribution < 1.29 is 14.3 Å². The predicted molar refractivity (Wildman–Crippen MR) is 56.6 cm³/mol. The van der Waals surface area contributed by atoms with Crippen molar-refractivity contribution >= 4 is 11.9 Å². The summed E-state index contributed by atoms with van der Waals surface area (Å²) in [5.41, 5.74) is 0. The van der Waals surface area contributed by atoms with Gasteiger partial charge in [-0.1, -0.05) is 20.3 Å². The normalized spacial score (nSPS) is 16.0. The molecule has 0 radical (unpaired) electrons. The molecule has 0 aliphatic carbocycles. The average Bonchev–Trinajstić information content (AvgIpc) is 2.15. The minimum absolute atomic E-state index is 0.0497. The van der Waals surface area contributed by atoms with Gasteiger partial charge in [0.15, 0.2) is 0 Å². The summed E-state index contributed by atoms with van der Waals surface area (Å²) >= 11 is 0. The van der Waals surface area contributed by atoms with Crippen LogP contribution in [0, 0.1) is 5.92 Å². The lowest BCUT2D eigenvalue weighted by molar-refractivity contribution is -0.126. The highest BCUT2D eigenvalue weighted by atomic mass is 16.6. The summed E-state index contributed by atoms with van der Waals surface area (Å²) in [6.07, 6.45) is 2.20. The molecule has 0 unspecified atom stereocenters. The standard InChI is InChI=1S/C11H19NO3/c1-3-5-6-15-11(14)12-7-9(8-12)10(13)4-2/h9H,3-8H2,1-2H3. The molecule has 1 fully saturated rings. The molecule has 0 aromatic heterocycles. The van der Waals surface area contributed by atoms with Crippen LogP contribution in [-0.2, 0) is 9.53 Å². The molecule has 1 amide bonds. The van der Waals surface area contributed by atoms with E-state index in [0.717, 1.165) is 12.8 Å². The molecule has 0 saturated carbocycles. The molecule has 0 bridgehead atoms. The van der Waals surface area contributed by atoms with Crippen LogP contribution in [0.3, 0.4) is 0 Å². The zero-order valence-corrected chi connectivity index (χ0v) is 9.49. The van der Waals surface area contributed by atoms with Gasteiger partial charge >= 0.3 is 6.09 Å². The highest BCUT2D eigenvalue weighted by Gasteiger charge is 2.35. The van der Waals surface area contributed by atoms with Gasteiger partial charge in [0, 0.05) is 19.5 Å². The van der Waals surface area contributed by atoms with E-state index in [1.165, 1.54) is 0 Å². The van der Waals surface area contributed by atoms with E-state index in [9.17, 15) is 9.59 Å². The molecule has 86 valence electrons. The minimum atomic E-state index is -0.274. The van der Waals surface area contributed by atoms with E-state index in [0.29, 0.717) is 26.1 Å². The third kappa shape index (κ3) is 3.22. The summed E-state index contributed by atoms with van der Waals surface area (Å²) < 4.78 is 5.02. The van der Waals surface area contributed by atoms with E-state index in [1.807, 2.05) is 13.8 Å². The number of rotatable bonds is 5. The molecule has 0 aromatic rings. The van der Waals surface area contributed by atoms with Crippen molar-refractivity contribution in [3.63, 3.8) is 0 Å². The number of hydrogen-bond acceptors (Lipinski definition) is 3. The monoisotopic (exact) mass is 213 g/mol. The van der Waals surface area contributed by atoms with Crippen molar-refractivity contribution in [3.05, 3.63) is 0 Å². The topological polar surface area (TPSA) is 46.6 Å². The second kappa shape index (κ2) is 5.73. The Morgan fingerprint density at radius 3 is 2.53 bits per heavy atom.